The molecule has 3 aliphatic rings. The van der Waals surface area contributed by atoms with Crippen molar-refractivity contribution < 1.29 is 58.2 Å². The number of benzene rings is 3. The summed E-state index contributed by atoms with van der Waals surface area (Å²) in [5.41, 5.74) is 4.54. The molecule has 10 unspecified atom stereocenters. The highest BCUT2D eigenvalue weighted by Crippen LogP contribution is 2.33. The van der Waals surface area contributed by atoms with Gasteiger partial charge in [0.05, 0.1) is 58.6 Å². The number of nitrogens with zero attached hydrogens (tertiary/aromatic N) is 5. The topological polar surface area (TPSA) is 330 Å². The van der Waals surface area contributed by atoms with Crippen molar-refractivity contribution in [3.63, 3.8) is 0 Å². The van der Waals surface area contributed by atoms with Crippen LogP contribution in [0, 0.1) is 50.7 Å². The summed E-state index contributed by atoms with van der Waals surface area (Å²) in [6.07, 6.45) is -0.579. The van der Waals surface area contributed by atoms with Crippen molar-refractivity contribution in [2.75, 3.05) is 19.6 Å². The van der Waals surface area contributed by atoms with Gasteiger partial charge in [-0.3, -0.25) is 47.9 Å². The first-order chi connectivity index (χ1) is 47.9. The van der Waals surface area contributed by atoms with Crippen LogP contribution < -0.4 is 31.9 Å². The first-order valence-corrected chi connectivity index (χ1v) is 36.9. The molecule has 0 radical (unpaired) electrons. The van der Waals surface area contributed by atoms with Gasteiger partial charge in [0.15, 0.2) is 5.78 Å². The first-order valence-electron chi connectivity index (χ1n) is 35.7. The lowest BCUT2D eigenvalue weighted by atomic mass is 9.84. The van der Waals surface area contributed by atoms with E-state index in [1.165, 1.54) is 14.7 Å². The number of carbonyl (C=O) groups is 10. The van der Waals surface area contributed by atoms with Crippen LogP contribution in [0.3, 0.4) is 0 Å². The zero-order valence-corrected chi connectivity index (χ0v) is 66.4. The van der Waals surface area contributed by atoms with Crippen LogP contribution in [-0.2, 0) is 54.5 Å². The third-order valence-corrected chi connectivity index (χ3v) is 19.1. The number of hydrogen-bond donors (Lipinski definition) is 8. The van der Waals surface area contributed by atoms with Crippen LogP contribution in [0.2, 0.25) is 5.02 Å². The molecule has 9 amide bonds. The molecule has 1 aromatic heterocycles. The number of nitriles is 1. The maximum absolute atomic E-state index is 13.6. The fourth-order valence-electron chi connectivity index (χ4n) is 12.3. The number of hydrogen-bond acceptors (Lipinski definition) is 15. The minimum atomic E-state index is -0.900. The van der Waals surface area contributed by atoms with Crippen molar-refractivity contribution in [3.05, 3.63) is 111 Å². The summed E-state index contributed by atoms with van der Waals surface area (Å²) >= 11 is 7.52. The summed E-state index contributed by atoms with van der Waals surface area (Å²) in [7, 11) is 0. The number of thiazole rings is 1. The highest BCUT2D eigenvalue weighted by atomic mass is 35.5. The molecule has 8 N–H and O–H groups in total. The third-order valence-electron chi connectivity index (χ3n) is 17.8. The molecular formula is C79H114ClN11O12S. The summed E-state index contributed by atoms with van der Waals surface area (Å²) in [4.78, 5) is 140. The highest BCUT2D eigenvalue weighted by Gasteiger charge is 2.48. The van der Waals surface area contributed by atoms with Gasteiger partial charge in [-0.15, -0.1) is 11.3 Å². The van der Waals surface area contributed by atoms with Crippen LogP contribution in [-0.4, -0.2) is 157 Å². The Kier molecular flexibility index (Phi) is 29.8. The van der Waals surface area contributed by atoms with Gasteiger partial charge in [-0.1, -0.05) is 185 Å². The van der Waals surface area contributed by atoms with Crippen LogP contribution in [0.5, 0.6) is 0 Å². The van der Waals surface area contributed by atoms with Gasteiger partial charge in [-0.2, -0.15) is 5.26 Å². The summed E-state index contributed by atoms with van der Waals surface area (Å²) < 4.78 is 0. The van der Waals surface area contributed by atoms with Gasteiger partial charge in [-0.25, -0.2) is 4.98 Å². The van der Waals surface area contributed by atoms with Gasteiger partial charge in [0.1, 0.15) is 36.3 Å². The third kappa shape index (κ3) is 26.2. The van der Waals surface area contributed by atoms with Crippen LogP contribution in [0.1, 0.15) is 217 Å². The number of aliphatic hydroxyl groups excluding tert-OH is 2. The number of amides is 9. The molecule has 3 aromatic carbocycles. The van der Waals surface area contributed by atoms with E-state index in [1.54, 1.807) is 47.7 Å². The Hall–Kier alpha value is -8.11. The monoisotopic (exact) mass is 1480 g/mol. The largest absolute Gasteiger partial charge is 0.391 e. The van der Waals surface area contributed by atoms with E-state index in [1.807, 2.05) is 187 Å². The standard InChI is InChI=1S/C28H38N4O4S.C26H38N4O4.C25H38ClN3O4/c1-17-23(37-16-30-17)19-10-8-18(9-11-19)14-29-25(35)21-12-20(33)15-32(21)26(36)24(28(5,6)7)31-22(34)13-27(2,3)4;1-16(18-10-8-17(14-27)9-11-18)28-23(33)20-12-19(31)15-30(20)24(34)22(26(5,6)7)29-21(32)13-25(2,3)4;1-15(16-8-10-17(26)11-9-16)27-22(32)19-12-18(30)14-29(19)23(33)21(25(5,6)7)28-20(31)13-24(2,3)4/h8-11,16,21,24H,12-15H2,1-7H3,(H,29,35)(H,31,34);8-11,16,19-20,22,31H,12-13,15H2,1-7H3,(H,28,33)(H,29,32);8-11,15,18-19,21,30H,12-14H2,1-7H3,(H,27,32)(H,28,31). The van der Waals surface area contributed by atoms with E-state index in [9.17, 15) is 58.2 Å². The number of likely N-dealkylation sites (tertiary alicyclic amines) is 3. The van der Waals surface area contributed by atoms with Gasteiger partial charge < -0.3 is 56.8 Å². The minimum Gasteiger partial charge on any atom is -0.391 e. The molecule has 104 heavy (non-hydrogen) atoms. The lowest BCUT2D eigenvalue weighted by Gasteiger charge is -2.36. The van der Waals surface area contributed by atoms with E-state index >= 15 is 0 Å². The first kappa shape index (κ1) is 86.5. The zero-order chi connectivity index (χ0) is 78.5. The number of halogens is 1. The number of aryl methyl sites for hydroxylation is 1. The Morgan fingerprint density at radius 1 is 0.548 bits per heavy atom. The molecule has 0 spiro atoms. The Morgan fingerprint density at radius 2 is 0.923 bits per heavy atom. The molecule has 7 rings (SSSR count). The minimum absolute atomic E-state index is 0.0316. The van der Waals surface area contributed by atoms with Gasteiger partial charge in [0.25, 0.3) is 0 Å². The number of aromatic nitrogens is 1. The van der Waals surface area contributed by atoms with Crippen molar-refractivity contribution in [2.24, 2.45) is 32.5 Å². The molecule has 4 aromatic rings. The van der Waals surface area contributed by atoms with Crippen LogP contribution in [0.4, 0.5) is 0 Å². The van der Waals surface area contributed by atoms with E-state index in [0.717, 1.165) is 32.8 Å². The van der Waals surface area contributed by atoms with Crippen molar-refractivity contribution in [2.45, 2.75) is 251 Å². The predicted octanol–water partition coefficient (Wildman–Crippen LogP) is 9.98. The van der Waals surface area contributed by atoms with E-state index in [2.05, 4.69) is 43.0 Å². The second-order valence-corrected chi connectivity index (χ2v) is 36.0. The Labute approximate surface area is 624 Å². The second kappa shape index (κ2) is 35.8. The normalized spacial score (nSPS) is 19.3. The van der Waals surface area contributed by atoms with Gasteiger partial charge in [-0.05, 0) is 99.8 Å². The molecule has 4 heterocycles. The van der Waals surface area contributed by atoms with E-state index in [-0.39, 0.29) is 146 Å². The zero-order valence-electron chi connectivity index (χ0n) is 64.8. The van der Waals surface area contributed by atoms with E-state index in [0.29, 0.717) is 10.6 Å². The van der Waals surface area contributed by atoms with Crippen molar-refractivity contribution >= 4 is 81.9 Å². The molecule has 3 saturated heterocycles. The smallest absolute Gasteiger partial charge is 0.246 e. The van der Waals surface area contributed by atoms with Gasteiger partial charge >= 0.3 is 0 Å². The molecule has 0 aliphatic carbocycles. The molecule has 25 heteroatoms. The van der Waals surface area contributed by atoms with E-state index < -0.39 is 70.6 Å². The second-order valence-electron chi connectivity index (χ2n) is 34.8. The quantitative estimate of drug-likeness (QED) is 0.0433. The lowest BCUT2D eigenvalue weighted by Crippen LogP contribution is -2.58. The predicted molar refractivity (Wildman–Crippen MR) is 404 cm³/mol. The van der Waals surface area contributed by atoms with Crippen molar-refractivity contribution in [1.82, 2.24) is 51.6 Å². The molecule has 0 bridgehead atoms. The maximum atomic E-state index is 13.6. The summed E-state index contributed by atoms with van der Waals surface area (Å²) in [5.74, 6) is -3.08. The summed E-state index contributed by atoms with van der Waals surface area (Å²) in [6.45, 7) is 40.2. The molecule has 0 saturated carbocycles. The van der Waals surface area contributed by atoms with Gasteiger partial charge in [0, 0.05) is 63.2 Å². The molecule has 10 atom stereocenters. The highest BCUT2D eigenvalue weighted by molar-refractivity contribution is 7.13. The fraction of sp³-hybridized carbons (Fsp3) is 0.595. The Morgan fingerprint density at radius 3 is 1.27 bits per heavy atom. The van der Waals surface area contributed by atoms with Crippen LogP contribution >= 0.6 is 22.9 Å². The number of β-amino-alcohol motifs (C(OH)–C–C–N with tert-alkyl or cyclic N) is 2. The summed E-state index contributed by atoms with van der Waals surface area (Å²) in [5, 5.41) is 47.5. The van der Waals surface area contributed by atoms with Crippen LogP contribution in [0.25, 0.3) is 10.4 Å². The average Bonchev–Trinajstić information content (AvgIpc) is 1.62. The number of Topliss-reactive ketones (excluding diaryl/α,β-unsaturated/α-hetero) is 1. The number of carbonyl (C=O) groups excluding carboxylic acids is 10. The number of nitrogens with one attached hydrogen (secondary N) is 6. The van der Waals surface area contributed by atoms with E-state index in [4.69, 9.17) is 16.9 Å². The molecule has 3 aliphatic heterocycles. The van der Waals surface area contributed by atoms with Crippen LogP contribution in [0.15, 0.2) is 78.3 Å². The molecule has 570 valence electrons. The van der Waals surface area contributed by atoms with Crippen molar-refractivity contribution in [1.29, 1.82) is 5.26 Å². The van der Waals surface area contributed by atoms with Crippen molar-refractivity contribution in [3.8, 4) is 16.5 Å². The number of aliphatic hydroxyl groups is 2. The summed E-state index contributed by atoms with van der Waals surface area (Å²) in [6, 6.07) is 18.3. The Bertz CT molecular complexity index is 3720. The Balaban J connectivity index is 0.000000281. The van der Waals surface area contributed by atoms with Gasteiger partial charge in [0.2, 0.25) is 53.2 Å². The SMILES string of the molecule is CC(NC(=O)C1CC(O)CN1C(=O)C(NC(=O)CC(C)(C)C)C(C)(C)C)c1ccc(C#N)cc1.CC(NC(=O)C1CC(O)CN1C(=O)C(NC(=O)CC(C)(C)C)C(C)(C)C)c1ccc(Cl)cc1.Cc1ncsc1-c1ccc(CNC(=O)C2CC(=O)CN2C(=O)C(NC(=O)CC(C)(C)C)C(C)(C)C)cc1. The number of ketones is 1. The molecule has 23 nitrogen and oxygen atoms in total. The fourth-order valence-corrected chi connectivity index (χ4v) is 13.3. The average molecular weight is 1480 g/mol. The lowest BCUT2D eigenvalue weighted by molar-refractivity contribution is -0.144. The maximum Gasteiger partial charge on any atom is 0.246 e. The molecule has 3 fully saturated rings. The molecular weight excluding hydrogens is 1360 g/mol. The number of rotatable bonds is 19.